The number of hydrogen-bond donors (Lipinski definition) is 2. The van der Waals surface area contributed by atoms with Crippen LogP contribution in [-0.2, 0) is 4.79 Å². The number of aromatic nitrogens is 4. The van der Waals surface area contributed by atoms with Crippen LogP contribution in [0, 0.1) is 6.92 Å². The molecule has 0 saturated heterocycles. The van der Waals surface area contributed by atoms with Crippen LogP contribution in [0.5, 0.6) is 5.75 Å². The molecule has 13 heteroatoms. The Morgan fingerprint density at radius 3 is 2.66 bits per heavy atom. The van der Waals surface area contributed by atoms with Gasteiger partial charge in [0, 0.05) is 31.2 Å². The van der Waals surface area contributed by atoms with Crippen molar-refractivity contribution in [1.82, 2.24) is 24.8 Å². The van der Waals surface area contributed by atoms with E-state index in [1.807, 2.05) is 18.2 Å². The number of nitrogen functional groups attached to an aromatic ring is 1. The Morgan fingerprint density at radius 1 is 1.15 bits per heavy atom. The van der Waals surface area contributed by atoms with Gasteiger partial charge in [0.25, 0.3) is 5.91 Å². The lowest BCUT2D eigenvalue weighted by atomic mass is 10.2. The van der Waals surface area contributed by atoms with Crippen LogP contribution in [-0.4, -0.2) is 62.9 Å². The van der Waals surface area contributed by atoms with Crippen molar-refractivity contribution in [1.29, 1.82) is 0 Å². The van der Waals surface area contributed by atoms with Crippen LogP contribution >= 0.6 is 0 Å². The molecule has 3 amide bonds. The van der Waals surface area contributed by atoms with Crippen molar-refractivity contribution in [2.75, 3.05) is 41.2 Å². The maximum absolute atomic E-state index is 13.5. The van der Waals surface area contributed by atoms with Crippen molar-refractivity contribution < 1.29 is 19.1 Å². The molecule has 4 aromatic rings. The molecule has 0 bridgehead atoms. The van der Waals surface area contributed by atoms with Crippen LogP contribution in [0.2, 0.25) is 0 Å². The van der Waals surface area contributed by atoms with Gasteiger partial charge in [-0.2, -0.15) is 4.79 Å². The molecule has 0 radical (unpaired) electrons. The van der Waals surface area contributed by atoms with E-state index in [-0.39, 0.29) is 29.5 Å². The van der Waals surface area contributed by atoms with Crippen molar-refractivity contribution in [3.63, 3.8) is 0 Å². The molecular formula is C28H27N9O4. The molecule has 208 valence electrons. The lowest BCUT2D eigenvalue weighted by molar-refractivity contribution is -0.125. The Kier molecular flexibility index (Phi) is 7.33. The summed E-state index contributed by atoms with van der Waals surface area (Å²) in [5.74, 6) is -0.407. The number of amides is 3. The summed E-state index contributed by atoms with van der Waals surface area (Å²) in [4.78, 5) is 50.9. The first kappa shape index (κ1) is 26.9. The summed E-state index contributed by atoms with van der Waals surface area (Å²) in [5, 5.41) is 9.20. The van der Waals surface area contributed by atoms with E-state index in [1.54, 1.807) is 66.5 Å². The van der Waals surface area contributed by atoms with Crippen LogP contribution in [0.4, 0.5) is 22.0 Å². The van der Waals surface area contributed by atoms with Crippen molar-refractivity contribution >= 4 is 46.1 Å². The predicted molar refractivity (Wildman–Crippen MR) is 154 cm³/mol. The van der Waals surface area contributed by atoms with E-state index < -0.39 is 12.0 Å². The zero-order valence-corrected chi connectivity index (χ0v) is 22.4. The molecule has 0 atom stereocenters. The van der Waals surface area contributed by atoms with Crippen molar-refractivity contribution in [2.24, 2.45) is 0 Å². The summed E-state index contributed by atoms with van der Waals surface area (Å²) in [7, 11) is 1.62. The average Bonchev–Trinajstić information content (AvgIpc) is 3.39. The summed E-state index contributed by atoms with van der Waals surface area (Å²) in [6, 6.07) is 14.0. The van der Waals surface area contributed by atoms with Gasteiger partial charge in [-0.05, 0) is 55.0 Å². The van der Waals surface area contributed by atoms with E-state index in [4.69, 9.17) is 10.5 Å². The number of fused-ring (bicyclic) bond motifs is 1. The smallest absolute Gasteiger partial charge is 0.410 e. The van der Waals surface area contributed by atoms with E-state index in [0.29, 0.717) is 34.9 Å². The van der Waals surface area contributed by atoms with Gasteiger partial charge in [0.2, 0.25) is 5.91 Å². The van der Waals surface area contributed by atoms with Crippen LogP contribution in [0.1, 0.15) is 16.1 Å². The Balaban J connectivity index is 1.37. The number of nitrogens with one attached hydrogen (secondary N) is 1. The number of rotatable bonds is 6. The summed E-state index contributed by atoms with van der Waals surface area (Å²) >= 11 is 0. The first-order valence-electron chi connectivity index (χ1n) is 12.5. The fraction of sp³-hybridized carbons (Fsp3) is 0.143. The second-order valence-electron chi connectivity index (χ2n) is 9.12. The fourth-order valence-corrected chi connectivity index (χ4v) is 4.23. The fourth-order valence-electron chi connectivity index (χ4n) is 4.23. The highest BCUT2D eigenvalue weighted by Gasteiger charge is 2.26. The quantitative estimate of drug-likeness (QED) is 0.343. The van der Waals surface area contributed by atoms with E-state index in [0.717, 1.165) is 0 Å². The van der Waals surface area contributed by atoms with E-state index in [2.05, 4.69) is 27.0 Å². The number of carbonyl (C=O) groups is 3. The predicted octanol–water partition coefficient (Wildman–Crippen LogP) is 3.04. The van der Waals surface area contributed by atoms with E-state index in [9.17, 15) is 14.4 Å². The zero-order valence-electron chi connectivity index (χ0n) is 22.4. The first-order chi connectivity index (χ1) is 19.8. The molecule has 3 N–H and O–H groups in total. The summed E-state index contributed by atoms with van der Waals surface area (Å²) in [5.41, 5.74) is 8.25. The molecule has 13 nitrogen and oxygen atoms in total. The molecule has 3 heterocycles. The summed E-state index contributed by atoms with van der Waals surface area (Å²) in [6.07, 6.45) is 5.46. The Morgan fingerprint density at radius 2 is 1.93 bits per heavy atom. The van der Waals surface area contributed by atoms with Gasteiger partial charge in [-0.25, -0.2) is 14.8 Å². The summed E-state index contributed by atoms with van der Waals surface area (Å²) < 4.78 is 5.51. The lowest BCUT2D eigenvalue weighted by Crippen LogP contribution is -2.46. The third-order valence-electron chi connectivity index (χ3n) is 6.41. The van der Waals surface area contributed by atoms with Crippen molar-refractivity contribution in [2.45, 2.75) is 6.92 Å². The van der Waals surface area contributed by atoms with Crippen molar-refractivity contribution in [3.8, 4) is 5.75 Å². The molecule has 41 heavy (non-hydrogen) atoms. The minimum Gasteiger partial charge on any atom is -0.410 e. The Bertz CT molecular complexity index is 1680. The molecule has 1 aliphatic heterocycles. The number of aryl methyl sites for hydroxylation is 1. The van der Waals surface area contributed by atoms with Crippen LogP contribution in [0.25, 0.3) is 11.0 Å². The number of ether oxygens (including phenoxy) is 1. The highest BCUT2D eigenvalue weighted by molar-refractivity contribution is 6.13. The molecule has 0 saturated carbocycles. The zero-order chi connectivity index (χ0) is 29.1. The normalized spacial score (nSPS) is 12.7. The molecule has 0 aliphatic carbocycles. The molecule has 5 rings (SSSR count). The molecule has 0 unspecified atom stereocenters. The number of hydrogen-bond acceptors (Lipinski definition) is 9. The third kappa shape index (κ3) is 5.41. The monoisotopic (exact) mass is 553 g/mol. The molecular weight excluding hydrogens is 526 g/mol. The second kappa shape index (κ2) is 11.2. The topological polar surface area (TPSA) is 152 Å². The number of benzene rings is 2. The standard InChI is InChI=1S/C28H27N9O4/c1-4-22(38)35-13-8-14-36(17-35)37-26-23(25(29)30-16-31-26)24(33-37)27(39)32-21-12-11-20(15-18(21)2)41-28(40)34(3)19-9-6-5-7-10-19/h4-12,14-16H,1,13,17H2,2-3H3,(H,32,39)(H2,29,30,31). The van der Waals surface area contributed by atoms with Gasteiger partial charge in [-0.3, -0.25) is 19.5 Å². The second-order valence-corrected chi connectivity index (χ2v) is 9.12. The van der Waals surface area contributed by atoms with Gasteiger partial charge in [0.05, 0.1) is 5.39 Å². The van der Waals surface area contributed by atoms with Crippen molar-refractivity contribution in [3.05, 3.63) is 91.0 Å². The highest BCUT2D eigenvalue weighted by Crippen LogP contribution is 2.26. The average molecular weight is 554 g/mol. The number of nitrogens with two attached hydrogens (primary N) is 1. The molecule has 2 aromatic carbocycles. The SMILES string of the molecule is C=CC(=O)N1CC=CN(n2nc(C(=O)Nc3ccc(OC(=O)N(C)c4ccccc4)cc3C)c3c(N)ncnc32)C1. The van der Waals surface area contributed by atoms with E-state index in [1.165, 1.54) is 22.1 Å². The maximum atomic E-state index is 13.5. The number of nitrogens with zero attached hydrogens (tertiary/aromatic N) is 7. The van der Waals surface area contributed by atoms with Crippen LogP contribution in [0.3, 0.4) is 0 Å². The maximum Gasteiger partial charge on any atom is 0.419 e. The minimum atomic E-state index is -0.556. The van der Waals surface area contributed by atoms with Gasteiger partial charge in [0.15, 0.2) is 11.3 Å². The Hall–Kier alpha value is -5.72. The number of anilines is 3. The highest BCUT2D eigenvalue weighted by atomic mass is 16.6. The molecule has 0 spiro atoms. The molecule has 0 fully saturated rings. The lowest BCUT2D eigenvalue weighted by Gasteiger charge is -2.31. The summed E-state index contributed by atoms with van der Waals surface area (Å²) in [6.45, 7) is 5.86. The number of carbonyl (C=O) groups excluding carboxylic acids is 3. The van der Waals surface area contributed by atoms with Crippen LogP contribution < -0.4 is 25.7 Å². The molecule has 1 aliphatic rings. The van der Waals surface area contributed by atoms with Gasteiger partial charge >= 0.3 is 6.09 Å². The molecule has 2 aromatic heterocycles. The Labute approximate surface area is 235 Å². The first-order valence-corrected chi connectivity index (χ1v) is 12.5. The van der Waals surface area contributed by atoms with Crippen LogP contribution in [0.15, 0.2) is 79.8 Å². The third-order valence-corrected chi connectivity index (χ3v) is 6.41. The van der Waals surface area contributed by atoms with Gasteiger partial charge in [-0.1, -0.05) is 24.8 Å². The minimum absolute atomic E-state index is 0.00180. The largest absolute Gasteiger partial charge is 0.419 e. The van der Waals surface area contributed by atoms with Gasteiger partial charge in [-0.15, -0.1) is 5.10 Å². The van der Waals surface area contributed by atoms with Gasteiger partial charge in [0.1, 0.15) is 24.6 Å². The number of para-hydroxylation sites is 1. The van der Waals surface area contributed by atoms with E-state index >= 15 is 0 Å². The van der Waals surface area contributed by atoms with Gasteiger partial charge < -0.3 is 20.7 Å².